The van der Waals surface area contributed by atoms with Crippen LogP contribution in [-0.4, -0.2) is 18.9 Å². The molecule has 15 heavy (non-hydrogen) atoms. The second-order valence-electron chi connectivity index (χ2n) is 3.08. The molecule has 2 nitrogen and oxygen atoms in total. The Morgan fingerprint density at radius 2 is 2.27 bits per heavy atom. The quantitative estimate of drug-likeness (QED) is 0.592. The maximum absolute atomic E-state index is 6.04. The average molecular weight is 246 g/mol. The molecule has 0 aliphatic carbocycles. The van der Waals surface area contributed by atoms with Crippen molar-refractivity contribution < 1.29 is 4.74 Å². The van der Waals surface area contributed by atoms with Crippen LogP contribution in [0.1, 0.15) is 13.3 Å². The molecule has 4 heteroatoms. The van der Waals surface area contributed by atoms with Gasteiger partial charge in [-0.25, -0.2) is 0 Å². The lowest BCUT2D eigenvalue weighted by Gasteiger charge is -2.09. The van der Waals surface area contributed by atoms with Gasteiger partial charge >= 0.3 is 0 Å². The van der Waals surface area contributed by atoms with Gasteiger partial charge in [-0.05, 0) is 37.3 Å². The summed E-state index contributed by atoms with van der Waals surface area (Å²) in [4.78, 5) is 0. The summed E-state index contributed by atoms with van der Waals surface area (Å²) in [6.45, 7) is 3.48. The monoisotopic (exact) mass is 245 g/mol. The van der Waals surface area contributed by atoms with Crippen LogP contribution >= 0.6 is 24.2 Å². The summed E-state index contributed by atoms with van der Waals surface area (Å²) in [7, 11) is 0. The van der Waals surface area contributed by atoms with Gasteiger partial charge in [-0.3, -0.25) is 0 Å². The molecule has 0 heterocycles. The molecule has 0 bridgehead atoms. The zero-order valence-electron chi connectivity index (χ0n) is 8.79. The Morgan fingerprint density at radius 1 is 1.47 bits per heavy atom. The first-order valence-electron chi connectivity index (χ1n) is 5.05. The number of anilines is 1. The Bertz CT molecular complexity index is 307. The topological polar surface area (TPSA) is 21.3 Å². The van der Waals surface area contributed by atoms with Gasteiger partial charge in [0.2, 0.25) is 0 Å². The Morgan fingerprint density at radius 3 is 2.87 bits per heavy atom. The molecule has 1 aromatic carbocycles. The van der Waals surface area contributed by atoms with Crippen LogP contribution in [0, 0.1) is 0 Å². The van der Waals surface area contributed by atoms with E-state index in [4.69, 9.17) is 16.3 Å². The van der Waals surface area contributed by atoms with Crippen molar-refractivity contribution >= 4 is 29.9 Å². The molecular formula is C11H16ClNOS. The lowest BCUT2D eigenvalue weighted by molar-refractivity contribution is 0.340. The van der Waals surface area contributed by atoms with Crippen molar-refractivity contribution in [2.75, 3.05) is 24.2 Å². The lowest BCUT2D eigenvalue weighted by atomic mass is 10.3. The molecular weight excluding hydrogens is 230 g/mol. The van der Waals surface area contributed by atoms with Crippen LogP contribution in [0.15, 0.2) is 18.2 Å². The number of hydrogen-bond donors (Lipinski definition) is 2. The second-order valence-corrected chi connectivity index (χ2v) is 3.94. The van der Waals surface area contributed by atoms with Crippen molar-refractivity contribution in [1.29, 1.82) is 0 Å². The van der Waals surface area contributed by atoms with Crippen molar-refractivity contribution in [3.05, 3.63) is 23.2 Å². The third-order valence-electron chi connectivity index (χ3n) is 1.90. The molecule has 0 amide bonds. The summed E-state index contributed by atoms with van der Waals surface area (Å²) in [5, 5.41) is 3.91. The number of rotatable bonds is 6. The van der Waals surface area contributed by atoms with Gasteiger partial charge in [-0.15, -0.1) is 0 Å². The van der Waals surface area contributed by atoms with Crippen LogP contribution in [0.2, 0.25) is 5.02 Å². The minimum absolute atomic E-state index is 0.631. The third-order valence-corrected chi connectivity index (χ3v) is 2.51. The Labute approximate surface area is 101 Å². The summed E-state index contributed by atoms with van der Waals surface area (Å²) in [5.74, 6) is 1.62. The van der Waals surface area contributed by atoms with Gasteiger partial charge in [0.1, 0.15) is 5.75 Å². The molecule has 0 saturated carbocycles. The standard InChI is InChI=1S/C11H16ClNOS/c1-2-14-11-5-4-9(8-10(11)12)13-6-3-7-15/h4-5,8,13,15H,2-3,6-7H2,1H3. The van der Waals surface area contributed by atoms with E-state index in [2.05, 4.69) is 17.9 Å². The largest absolute Gasteiger partial charge is 0.492 e. The average Bonchev–Trinajstić information content (AvgIpc) is 2.23. The molecule has 0 saturated heterocycles. The summed E-state index contributed by atoms with van der Waals surface area (Å²) in [6.07, 6.45) is 1.04. The summed E-state index contributed by atoms with van der Waals surface area (Å²) in [6, 6.07) is 5.73. The van der Waals surface area contributed by atoms with Crippen LogP contribution in [0.4, 0.5) is 5.69 Å². The molecule has 0 spiro atoms. The van der Waals surface area contributed by atoms with E-state index in [1.807, 2.05) is 25.1 Å². The summed E-state index contributed by atoms with van der Waals surface area (Å²) >= 11 is 10.2. The van der Waals surface area contributed by atoms with Gasteiger partial charge in [-0.2, -0.15) is 12.6 Å². The first-order valence-corrected chi connectivity index (χ1v) is 6.06. The summed E-state index contributed by atoms with van der Waals surface area (Å²) in [5.41, 5.74) is 1.02. The molecule has 1 aromatic rings. The lowest BCUT2D eigenvalue weighted by Crippen LogP contribution is -2.02. The molecule has 0 aliphatic heterocycles. The van der Waals surface area contributed by atoms with E-state index in [0.717, 1.165) is 30.2 Å². The van der Waals surface area contributed by atoms with Crippen LogP contribution in [0.3, 0.4) is 0 Å². The molecule has 0 unspecified atom stereocenters. The zero-order chi connectivity index (χ0) is 11.1. The van der Waals surface area contributed by atoms with Crippen LogP contribution < -0.4 is 10.1 Å². The van der Waals surface area contributed by atoms with Gasteiger partial charge in [0.25, 0.3) is 0 Å². The predicted molar refractivity (Wildman–Crippen MR) is 69.6 cm³/mol. The second kappa shape index (κ2) is 6.85. The highest BCUT2D eigenvalue weighted by atomic mass is 35.5. The maximum Gasteiger partial charge on any atom is 0.138 e. The van der Waals surface area contributed by atoms with Crippen molar-refractivity contribution in [3.8, 4) is 5.75 Å². The molecule has 1 N–H and O–H groups in total. The number of ether oxygens (including phenoxy) is 1. The van der Waals surface area contributed by atoms with Gasteiger partial charge in [-0.1, -0.05) is 11.6 Å². The predicted octanol–water partition coefficient (Wildman–Crippen LogP) is 3.47. The van der Waals surface area contributed by atoms with Crippen LogP contribution in [0.5, 0.6) is 5.75 Å². The third kappa shape index (κ3) is 4.22. The highest BCUT2D eigenvalue weighted by molar-refractivity contribution is 7.80. The number of nitrogens with one attached hydrogen (secondary N) is 1. The van der Waals surface area contributed by atoms with Crippen molar-refractivity contribution in [2.45, 2.75) is 13.3 Å². The SMILES string of the molecule is CCOc1ccc(NCCCS)cc1Cl. The number of hydrogen-bond acceptors (Lipinski definition) is 3. The van der Waals surface area contributed by atoms with Gasteiger partial charge in [0.15, 0.2) is 0 Å². The normalized spacial score (nSPS) is 10.1. The number of thiol groups is 1. The van der Waals surface area contributed by atoms with Crippen molar-refractivity contribution in [2.24, 2.45) is 0 Å². The fourth-order valence-corrected chi connectivity index (χ4v) is 1.59. The smallest absolute Gasteiger partial charge is 0.138 e. The highest BCUT2D eigenvalue weighted by Crippen LogP contribution is 2.27. The van der Waals surface area contributed by atoms with Gasteiger partial charge in [0, 0.05) is 12.2 Å². The first kappa shape index (κ1) is 12.5. The van der Waals surface area contributed by atoms with Crippen LogP contribution in [-0.2, 0) is 0 Å². The number of halogens is 1. The zero-order valence-corrected chi connectivity index (χ0v) is 10.4. The van der Waals surface area contributed by atoms with E-state index in [1.165, 1.54) is 0 Å². The van der Waals surface area contributed by atoms with E-state index in [9.17, 15) is 0 Å². The molecule has 0 aromatic heterocycles. The van der Waals surface area contributed by atoms with E-state index in [1.54, 1.807) is 0 Å². The minimum atomic E-state index is 0.631. The fourth-order valence-electron chi connectivity index (χ4n) is 1.20. The molecule has 84 valence electrons. The molecule has 0 atom stereocenters. The van der Waals surface area contributed by atoms with E-state index in [0.29, 0.717) is 11.6 Å². The molecule has 1 rings (SSSR count). The van der Waals surface area contributed by atoms with Crippen LogP contribution in [0.25, 0.3) is 0 Å². The maximum atomic E-state index is 6.04. The summed E-state index contributed by atoms with van der Waals surface area (Å²) < 4.78 is 5.35. The Kier molecular flexibility index (Phi) is 5.73. The van der Waals surface area contributed by atoms with Gasteiger partial charge < -0.3 is 10.1 Å². The van der Waals surface area contributed by atoms with E-state index >= 15 is 0 Å². The Hall–Kier alpha value is -0.540. The fraction of sp³-hybridized carbons (Fsp3) is 0.455. The van der Waals surface area contributed by atoms with E-state index in [-0.39, 0.29) is 0 Å². The highest BCUT2D eigenvalue weighted by Gasteiger charge is 2.01. The van der Waals surface area contributed by atoms with Gasteiger partial charge in [0.05, 0.1) is 11.6 Å². The first-order chi connectivity index (χ1) is 7.27. The molecule has 0 radical (unpaired) electrons. The van der Waals surface area contributed by atoms with E-state index < -0.39 is 0 Å². The minimum Gasteiger partial charge on any atom is -0.492 e. The molecule has 0 fully saturated rings. The van der Waals surface area contributed by atoms with Crippen molar-refractivity contribution in [3.63, 3.8) is 0 Å². The van der Waals surface area contributed by atoms with Crippen molar-refractivity contribution in [1.82, 2.24) is 0 Å². The Balaban J connectivity index is 2.56. The number of benzene rings is 1. The molecule has 0 aliphatic rings.